The molecule has 0 amide bonds. The second-order valence-corrected chi connectivity index (χ2v) is 3.79. The standard InChI is InChI=1S/C9H16O3/c1-3-9(5-12-6-9)4-7(2)8(10)11/h7H,3-6H2,1-2H3,(H,10,11). The van der Waals surface area contributed by atoms with Gasteiger partial charge in [-0.05, 0) is 12.8 Å². The highest BCUT2D eigenvalue weighted by Crippen LogP contribution is 2.37. The van der Waals surface area contributed by atoms with Gasteiger partial charge in [0.1, 0.15) is 0 Å². The monoisotopic (exact) mass is 172 g/mol. The third-order valence-electron chi connectivity index (χ3n) is 2.73. The minimum Gasteiger partial charge on any atom is -0.481 e. The lowest BCUT2D eigenvalue weighted by Crippen LogP contribution is -2.44. The van der Waals surface area contributed by atoms with Crippen molar-refractivity contribution in [3.05, 3.63) is 0 Å². The van der Waals surface area contributed by atoms with Gasteiger partial charge < -0.3 is 9.84 Å². The highest BCUT2D eigenvalue weighted by molar-refractivity contribution is 5.69. The Morgan fingerprint density at radius 1 is 1.67 bits per heavy atom. The number of hydrogen-bond donors (Lipinski definition) is 1. The Bertz CT molecular complexity index is 167. The molecule has 1 aliphatic rings. The number of rotatable bonds is 4. The predicted molar refractivity (Wildman–Crippen MR) is 45.0 cm³/mol. The fourth-order valence-corrected chi connectivity index (χ4v) is 1.59. The van der Waals surface area contributed by atoms with E-state index in [1.807, 2.05) is 0 Å². The van der Waals surface area contributed by atoms with Crippen molar-refractivity contribution in [1.29, 1.82) is 0 Å². The van der Waals surface area contributed by atoms with Crippen molar-refractivity contribution < 1.29 is 14.6 Å². The van der Waals surface area contributed by atoms with E-state index in [1.54, 1.807) is 6.92 Å². The average Bonchev–Trinajstić information content (AvgIpc) is 1.96. The summed E-state index contributed by atoms with van der Waals surface area (Å²) in [4.78, 5) is 10.6. The highest BCUT2D eigenvalue weighted by atomic mass is 16.5. The predicted octanol–water partition coefficient (Wildman–Crippen LogP) is 1.52. The molecule has 1 atom stereocenters. The molecule has 1 rings (SSSR count). The van der Waals surface area contributed by atoms with E-state index < -0.39 is 5.97 Å². The van der Waals surface area contributed by atoms with Crippen LogP contribution < -0.4 is 0 Å². The van der Waals surface area contributed by atoms with E-state index >= 15 is 0 Å². The summed E-state index contributed by atoms with van der Waals surface area (Å²) in [5.74, 6) is -0.941. The summed E-state index contributed by atoms with van der Waals surface area (Å²) in [6, 6.07) is 0. The minimum atomic E-state index is -0.699. The van der Waals surface area contributed by atoms with Crippen LogP contribution >= 0.6 is 0 Å². The zero-order valence-electron chi connectivity index (χ0n) is 7.67. The Morgan fingerprint density at radius 2 is 2.25 bits per heavy atom. The molecule has 3 heteroatoms. The number of hydrogen-bond acceptors (Lipinski definition) is 2. The summed E-state index contributed by atoms with van der Waals surface area (Å²) < 4.78 is 5.12. The smallest absolute Gasteiger partial charge is 0.306 e. The Morgan fingerprint density at radius 3 is 2.50 bits per heavy atom. The van der Waals surface area contributed by atoms with Crippen molar-refractivity contribution in [3.63, 3.8) is 0 Å². The van der Waals surface area contributed by atoms with Gasteiger partial charge in [-0.15, -0.1) is 0 Å². The minimum absolute atomic E-state index is 0.164. The van der Waals surface area contributed by atoms with E-state index in [0.29, 0.717) is 0 Å². The SMILES string of the molecule is CCC1(CC(C)C(=O)O)COC1. The highest BCUT2D eigenvalue weighted by Gasteiger charge is 2.39. The van der Waals surface area contributed by atoms with E-state index in [4.69, 9.17) is 9.84 Å². The molecule has 0 aromatic rings. The van der Waals surface area contributed by atoms with Crippen LogP contribution in [0, 0.1) is 11.3 Å². The normalized spacial score (nSPS) is 22.8. The molecule has 0 bridgehead atoms. The van der Waals surface area contributed by atoms with E-state index in [0.717, 1.165) is 26.1 Å². The van der Waals surface area contributed by atoms with Crippen LogP contribution in [0.2, 0.25) is 0 Å². The lowest BCUT2D eigenvalue weighted by atomic mass is 9.76. The Hall–Kier alpha value is -0.570. The fourth-order valence-electron chi connectivity index (χ4n) is 1.59. The van der Waals surface area contributed by atoms with Gasteiger partial charge in [0.15, 0.2) is 0 Å². The lowest BCUT2D eigenvalue weighted by Gasteiger charge is -2.41. The number of carboxylic acid groups (broad SMARTS) is 1. The van der Waals surface area contributed by atoms with E-state index in [9.17, 15) is 4.79 Å². The molecule has 1 unspecified atom stereocenters. The summed E-state index contributed by atoms with van der Waals surface area (Å²) in [6.07, 6.45) is 1.77. The van der Waals surface area contributed by atoms with Crippen molar-refractivity contribution in [2.45, 2.75) is 26.7 Å². The second-order valence-electron chi connectivity index (χ2n) is 3.79. The van der Waals surface area contributed by atoms with Crippen LogP contribution in [-0.4, -0.2) is 24.3 Å². The van der Waals surface area contributed by atoms with Crippen LogP contribution in [0.4, 0.5) is 0 Å². The first kappa shape index (κ1) is 9.52. The number of carboxylic acids is 1. The third-order valence-corrected chi connectivity index (χ3v) is 2.73. The van der Waals surface area contributed by atoms with Crippen molar-refractivity contribution in [1.82, 2.24) is 0 Å². The molecule has 0 radical (unpaired) electrons. The van der Waals surface area contributed by atoms with Crippen LogP contribution in [0.5, 0.6) is 0 Å². The average molecular weight is 172 g/mol. The van der Waals surface area contributed by atoms with Gasteiger partial charge in [0.25, 0.3) is 0 Å². The molecule has 1 aliphatic heterocycles. The molecule has 1 fully saturated rings. The Labute approximate surface area is 72.7 Å². The third kappa shape index (κ3) is 1.78. The van der Waals surface area contributed by atoms with Crippen LogP contribution in [0.15, 0.2) is 0 Å². The van der Waals surface area contributed by atoms with Gasteiger partial charge in [-0.2, -0.15) is 0 Å². The molecule has 0 aliphatic carbocycles. The fraction of sp³-hybridized carbons (Fsp3) is 0.889. The van der Waals surface area contributed by atoms with Crippen molar-refractivity contribution in [3.8, 4) is 0 Å². The van der Waals surface area contributed by atoms with Gasteiger partial charge >= 0.3 is 5.97 Å². The summed E-state index contributed by atoms with van der Waals surface area (Å²) in [5, 5.41) is 8.72. The molecule has 1 N–H and O–H groups in total. The number of carbonyl (C=O) groups is 1. The molecule has 1 heterocycles. The molecule has 0 spiro atoms. The molecular formula is C9H16O3. The molecule has 1 saturated heterocycles. The van der Waals surface area contributed by atoms with Crippen LogP contribution in [-0.2, 0) is 9.53 Å². The van der Waals surface area contributed by atoms with Gasteiger partial charge in [0.2, 0.25) is 0 Å². The molecule has 0 aromatic heterocycles. The quantitative estimate of drug-likeness (QED) is 0.699. The maximum absolute atomic E-state index is 10.6. The van der Waals surface area contributed by atoms with Gasteiger partial charge in [-0.25, -0.2) is 0 Å². The van der Waals surface area contributed by atoms with Gasteiger partial charge in [-0.3, -0.25) is 4.79 Å². The summed E-state index contributed by atoms with van der Waals surface area (Å²) in [5.41, 5.74) is 0.164. The topological polar surface area (TPSA) is 46.5 Å². The van der Waals surface area contributed by atoms with Crippen LogP contribution in [0.3, 0.4) is 0 Å². The van der Waals surface area contributed by atoms with E-state index in [2.05, 4.69) is 6.92 Å². The summed E-state index contributed by atoms with van der Waals surface area (Å²) in [6.45, 7) is 5.33. The number of ether oxygens (including phenoxy) is 1. The molecule has 0 saturated carbocycles. The molecule has 12 heavy (non-hydrogen) atoms. The van der Waals surface area contributed by atoms with Gasteiger partial charge in [0, 0.05) is 5.41 Å². The Balaban J connectivity index is 2.42. The zero-order chi connectivity index (χ0) is 9.19. The zero-order valence-corrected chi connectivity index (χ0v) is 7.67. The Kier molecular flexibility index (Phi) is 2.73. The maximum Gasteiger partial charge on any atom is 0.306 e. The maximum atomic E-state index is 10.6. The molecule has 70 valence electrons. The first-order valence-corrected chi connectivity index (χ1v) is 4.40. The van der Waals surface area contributed by atoms with Gasteiger partial charge in [0.05, 0.1) is 19.1 Å². The van der Waals surface area contributed by atoms with Crippen molar-refractivity contribution in [2.75, 3.05) is 13.2 Å². The van der Waals surface area contributed by atoms with E-state index in [1.165, 1.54) is 0 Å². The largest absolute Gasteiger partial charge is 0.481 e. The second kappa shape index (κ2) is 3.44. The van der Waals surface area contributed by atoms with Gasteiger partial charge in [-0.1, -0.05) is 13.8 Å². The summed E-state index contributed by atoms with van der Waals surface area (Å²) in [7, 11) is 0. The lowest BCUT2D eigenvalue weighted by molar-refractivity contribution is -0.151. The van der Waals surface area contributed by atoms with Crippen molar-refractivity contribution in [2.24, 2.45) is 11.3 Å². The first-order chi connectivity index (χ1) is 5.59. The first-order valence-electron chi connectivity index (χ1n) is 4.40. The van der Waals surface area contributed by atoms with Crippen molar-refractivity contribution >= 4 is 5.97 Å². The molecule has 3 nitrogen and oxygen atoms in total. The molecular weight excluding hydrogens is 156 g/mol. The summed E-state index contributed by atoms with van der Waals surface area (Å²) >= 11 is 0. The van der Waals surface area contributed by atoms with E-state index in [-0.39, 0.29) is 11.3 Å². The van der Waals surface area contributed by atoms with Crippen LogP contribution in [0.25, 0.3) is 0 Å². The number of aliphatic carboxylic acids is 1. The van der Waals surface area contributed by atoms with Crippen LogP contribution in [0.1, 0.15) is 26.7 Å². The molecule has 0 aromatic carbocycles.